The van der Waals surface area contributed by atoms with E-state index in [0.29, 0.717) is 12.8 Å². The number of rotatable bonds is 0. The van der Waals surface area contributed by atoms with Crippen LogP contribution >= 0.6 is 0 Å². The summed E-state index contributed by atoms with van der Waals surface area (Å²) in [5.41, 5.74) is -0.682. The second-order valence-electron chi connectivity index (χ2n) is 3.32. The summed E-state index contributed by atoms with van der Waals surface area (Å²) in [6.07, 6.45) is 1.92. The molecule has 0 heterocycles. The van der Waals surface area contributed by atoms with Crippen molar-refractivity contribution in [3.05, 3.63) is 0 Å². The van der Waals surface area contributed by atoms with Gasteiger partial charge in [0.1, 0.15) is 11.6 Å². The Morgan fingerprint density at radius 1 is 1.09 bits per heavy atom. The molecule has 0 aromatic rings. The fourth-order valence-electron chi connectivity index (χ4n) is 1.19. The average Bonchev–Trinajstić information content (AvgIpc) is 1.84. The zero-order chi connectivity index (χ0) is 7.78. The zero-order valence-electron chi connectivity index (χ0n) is 7.44. The predicted octanol–water partition coefficient (Wildman–Crippen LogP) is 0.954. The maximum Gasteiger partial charge on any atom is 0.145 e. The number of Topliss-reactive ketones (excluding diaryl/α,β-unsaturated/α-hetero) is 2. The summed E-state index contributed by atoms with van der Waals surface area (Å²) < 4.78 is 0. The number of hydrogen-bond donors (Lipinski definition) is 0. The van der Waals surface area contributed by atoms with Gasteiger partial charge in [-0.05, 0) is 20.3 Å². The van der Waals surface area contributed by atoms with E-state index in [9.17, 15) is 9.59 Å². The first-order valence-electron chi connectivity index (χ1n) is 3.62. The van der Waals surface area contributed by atoms with Gasteiger partial charge in [-0.15, -0.1) is 0 Å². The Kier molecular flexibility index (Phi) is 3.95. The van der Waals surface area contributed by atoms with Gasteiger partial charge in [-0.3, -0.25) is 9.59 Å². The van der Waals surface area contributed by atoms with Crippen molar-refractivity contribution < 1.29 is 9.59 Å². The molecule has 3 heteroatoms. The minimum Gasteiger partial charge on any atom is -0.299 e. The van der Waals surface area contributed by atoms with E-state index >= 15 is 0 Å². The molecule has 0 spiro atoms. The van der Waals surface area contributed by atoms with Crippen LogP contribution in [0.1, 0.15) is 33.1 Å². The van der Waals surface area contributed by atoms with Crippen molar-refractivity contribution in [3.8, 4) is 0 Å². The van der Waals surface area contributed by atoms with Crippen molar-refractivity contribution in [1.29, 1.82) is 0 Å². The molecule has 0 saturated heterocycles. The third-order valence-electron chi connectivity index (χ3n) is 2.20. The van der Waals surface area contributed by atoms with Crippen molar-refractivity contribution in [2.75, 3.05) is 0 Å². The van der Waals surface area contributed by atoms with Gasteiger partial charge < -0.3 is 0 Å². The molecule has 0 bridgehead atoms. The van der Waals surface area contributed by atoms with E-state index in [2.05, 4.69) is 0 Å². The summed E-state index contributed by atoms with van der Waals surface area (Å²) in [6, 6.07) is 0. The quantitative estimate of drug-likeness (QED) is 0.393. The fourth-order valence-corrected chi connectivity index (χ4v) is 1.19. The fraction of sp³-hybridized carbons (Fsp3) is 0.750. The van der Waals surface area contributed by atoms with E-state index < -0.39 is 5.41 Å². The molecule has 2 nitrogen and oxygen atoms in total. The average molecular weight is 163 g/mol. The van der Waals surface area contributed by atoms with E-state index in [1.807, 2.05) is 0 Å². The van der Waals surface area contributed by atoms with Crippen LogP contribution in [-0.2, 0) is 9.59 Å². The molecule has 1 saturated carbocycles. The second-order valence-corrected chi connectivity index (χ2v) is 3.32. The van der Waals surface area contributed by atoms with E-state index in [1.165, 1.54) is 0 Å². The molecule has 1 aliphatic carbocycles. The van der Waals surface area contributed by atoms with Crippen LogP contribution in [0.25, 0.3) is 0 Å². The van der Waals surface area contributed by atoms with E-state index in [4.69, 9.17) is 0 Å². The molecule has 1 rings (SSSR count). The Morgan fingerprint density at radius 2 is 1.45 bits per heavy atom. The number of hydrogen-bond acceptors (Lipinski definition) is 2. The van der Waals surface area contributed by atoms with Crippen molar-refractivity contribution in [1.82, 2.24) is 0 Å². The molecule has 11 heavy (non-hydrogen) atoms. The molecule has 1 aliphatic rings. The van der Waals surface area contributed by atoms with E-state index in [-0.39, 0.29) is 41.1 Å². The van der Waals surface area contributed by atoms with Crippen molar-refractivity contribution in [2.45, 2.75) is 33.1 Å². The third-order valence-corrected chi connectivity index (χ3v) is 2.20. The van der Waals surface area contributed by atoms with E-state index in [1.54, 1.807) is 13.8 Å². The summed E-state index contributed by atoms with van der Waals surface area (Å²) in [4.78, 5) is 22.2. The monoisotopic (exact) mass is 163 g/mol. The molecule has 0 amide bonds. The molecule has 57 valence electrons. The van der Waals surface area contributed by atoms with Crippen molar-refractivity contribution in [3.63, 3.8) is 0 Å². The number of carbonyl (C=O) groups is 2. The number of carbonyl (C=O) groups excluding carboxylic acids is 2. The van der Waals surface area contributed by atoms with Gasteiger partial charge in [-0.2, -0.15) is 0 Å². The van der Waals surface area contributed by atoms with Gasteiger partial charge in [-0.1, -0.05) is 0 Å². The summed E-state index contributed by atoms with van der Waals surface area (Å²) in [5, 5.41) is 0. The number of ketones is 2. The van der Waals surface area contributed by atoms with Crippen LogP contribution in [0.15, 0.2) is 0 Å². The normalized spacial score (nSPS) is 22.7. The van der Waals surface area contributed by atoms with Crippen LogP contribution in [0.5, 0.6) is 0 Å². The van der Waals surface area contributed by atoms with Gasteiger partial charge in [0, 0.05) is 42.4 Å². The van der Waals surface area contributed by atoms with Crippen LogP contribution in [0, 0.1) is 5.41 Å². The molecule has 0 aromatic carbocycles. The largest absolute Gasteiger partial charge is 0.299 e. The molecular weight excluding hydrogens is 151 g/mol. The van der Waals surface area contributed by atoms with Gasteiger partial charge >= 0.3 is 0 Å². The van der Waals surface area contributed by atoms with Gasteiger partial charge in [0.2, 0.25) is 0 Å². The Labute approximate surface area is 89.0 Å². The standard InChI is InChI=1S/C8H12O2.Na/c1-8(2)6(9)4-3-5-7(8)10;/h3-5H2,1-2H3;. The Hall–Kier alpha value is 0.340. The third kappa shape index (κ3) is 2.14. The predicted molar refractivity (Wildman–Crippen MR) is 43.4 cm³/mol. The first kappa shape index (κ1) is 11.3. The smallest absolute Gasteiger partial charge is 0.145 e. The molecular formula is C8H12NaO2. The minimum absolute atomic E-state index is 0. The zero-order valence-corrected chi connectivity index (χ0v) is 9.44. The maximum absolute atomic E-state index is 11.1. The Balaban J connectivity index is 0.000001000. The van der Waals surface area contributed by atoms with Crippen molar-refractivity contribution >= 4 is 41.1 Å². The van der Waals surface area contributed by atoms with E-state index in [0.717, 1.165) is 6.42 Å². The summed E-state index contributed by atoms with van der Waals surface area (Å²) in [7, 11) is 0. The molecule has 0 N–H and O–H groups in total. The van der Waals surface area contributed by atoms with Gasteiger partial charge in [0.25, 0.3) is 0 Å². The molecule has 0 aromatic heterocycles. The van der Waals surface area contributed by atoms with Crippen LogP contribution in [0.2, 0.25) is 0 Å². The first-order valence-corrected chi connectivity index (χ1v) is 3.62. The molecule has 1 fully saturated rings. The van der Waals surface area contributed by atoms with Crippen LogP contribution in [0.3, 0.4) is 0 Å². The van der Waals surface area contributed by atoms with Crippen LogP contribution in [-0.4, -0.2) is 41.1 Å². The Morgan fingerprint density at radius 3 is 1.73 bits per heavy atom. The molecule has 0 aliphatic heterocycles. The topological polar surface area (TPSA) is 34.1 Å². The van der Waals surface area contributed by atoms with Crippen LogP contribution < -0.4 is 0 Å². The summed E-state index contributed by atoms with van der Waals surface area (Å²) in [6.45, 7) is 3.44. The second kappa shape index (κ2) is 3.83. The van der Waals surface area contributed by atoms with Gasteiger partial charge in [-0.25, -0.2) is 0 Å². The first-order chi connectivity index (χ1) is 4.55. The van der Waals surface area contributed by atoms with Crippen molar-refractivity contribution in [2.24, 2.45) is 5.41 Å². The molecule has 1 radical (unpaired) electrons. The SMILES string of the molecule is CC1(C)C(=O)CCCC1=O.[Na]. The Bertz CT molecular complexity index is 167. The maximum atomic E-state index is 11.1. The van der Waals surface area contributed by atoms with Gasteiger partial charge in [0.15, 0.2) is 0 Å². The van der Waals surface area contributed by atoms with Crippen LogP contribution in [0.4, 0.5) is 0 Å². The van der Waals surface area contributed by atoms with Gasteiger partial charge in [0.05, 0.1) is 5.41 Å². The molecule has 0 unspecified atom stereocenters. The summed E-state index contributed by atoms with van der Waals surface area (Å²) >= 11 is 0. The minimum atomic E-state index is -0.682. The summed E-state index contributed by atoms with van der Waals surface area (Å²) in [5.74, 6) is 0.201. The molecule has 0 atom stereocenters.